The molecule has 0 aliphatic heterocycles. The SMILES string of the molecule is COc1ccccc1C(=O)OCCC12CC3CC(CC(C3)C1)C2. The highest BCUT2D eigenvalue weighted by Gasteiger charge is 2.50. The van der Waals surface area contributed by atoms with Gasteiger partial charge in [0.05, 0.1) is 13.7 Å². The third-order valence-corrected chi connectivity index (χ3v) is 6.36. The quantitative estimate of drug-likeness (QED) is 0.753. The molecule has 4 bridgehead atoms. The normalized spacial score (nSPS) is 34.4. The molecule has 4 aliphatic carbocycles. The standard InChI is InChI=1S/C20H26O3/c1-22-18-5-3-2-4-17(18)19(21)23-7-6-20-11-14-8-15(12-20)10-16(9-14)13-20/h2-5,14-16H,6-13H2,1H3. The molecule has 0 N–H and O–H groups in total. The molecule has 0 amide bonds. The molecule has 1 aromatic rings. The summed E-state index contributed by atoms with van der Waals surface area (Å²) in [4.78, 5) is 12.3. The molecule has 0 saturated heterocycles. The molecule has 124 valence electrons. The summed E-state index contributed by atoms with van der Waals surface area (Å²) < 4.78 is 10.8. The van der Waals surface area contributed by atoms with Crippen LogP contribution in [-0.2, 0) is 4.74 Å². The van der Waals surface area contributed by atoms with Crippen molar-refractivity contribution in [3.05, 3.63) is 29.8 Å². The van der Waals surface area contributed by atoms with Crippen molar-refractivity contribution < 1.29 is 14.3 Å². The highest BCUT2D eigenvalue weighted by molar-refractivity contribution is 5.92. The Kier molecular flexibility index (Phi) is 3.82. The van der Waals surface area contributed by atoms with Crippen LogP contribution in [0.2, 0.25) is 0 Å². The van der Waals surface area contributed by atoms with E-state index in [9.17, 15) is 4.79 Å². The Morgan fingerprint density at radius 3 is 2.30 bits per heavy atom. The molecule has 23 heavy (non-hydrogen) atoms. The maximum Gasteiger partial charge on any atom is 0.341 e. The molecular weight excluding hydrogens is 288 g/mol. The predicted octanol–water partition coefficient (Wildman–Crippen LogP) is 4.46. The van der Waals surface area contributed by atoms with Crippen LogP contribution in [0.5, 0.6) is 5.75 Å². The van der Waals surface area contributed by atoms with Gasteiger partial charge in [0.25, 0.3) is 0 Å². The topological polar surface area (TPSA) is 35.5 Å². The average molecular weight is 314 g/mol. The number of benzene rings is 1. The minimum Gasteiger partial charge on any atom is -0.496 e. The van der Waals surface area contributed by atoms with E-state index >= 15 is 0 Å². The summed E-state index contributed by atoms with van der Waals surface area (Å²) >= 11 is 0. The van der Waals surface area contributed by atoms with Gasteiger partial charge in [-0.2, -0.15) is 0 Å². The zero-order chi connectivity index (χ0) is 15.9. The number of ether oxygens (including phenoxy) is 2. The Bertz CT molecular complexity index is 557. The number of para-hydroxylation sites is 1. The highest BCUT2D eigenvalue weighted by Crippen LogP contribution is 2.61. The second kappa shape index (κ2) is 5.85. The van der Waals surface area contributed by atoms with Crippen molar-refractivity contribution in [3.63, 3.8) is 0 Å². The molecule has 0 aromatic heterocycles. The first-order chi connectivity index (χ1) is 11.2. The molecular formula is C20H26O3. The minimum absolute atomic E-state index is 0.257. The summed E-state index contributed by atoms with van der Waals surface area (Å²) in [6.45, 7) is 0.545. The Balaban J connectivity index is 1.36. The van der Waals surface area contributed by atoms with Crippen LogP contribution in [-0.4, -0.2) is 19.7 Å². The van der Waals surface area contributed by atoms with Gasteiger partial charge in [0.15, 0.2) is 0 Å². The maximum absolute atomic E-state index is 12.3. The van der Waals surface area contributed by atoms with Crippen LogP contribution < -0.4 is 4.74 Å². The molecule has 0 heterocycles. The van der Waals surface area contributed by atoms with Crippen LogP contribution >= 0.6 is 0 Å². The summed E-state index contributed by atoms with van der Waals surface area (Å²) in [6, 6.07) is 7.28. The van der Waals surface area contributed by atoms with Crippen molar-refractivity contribution in [3.8, 4) is 5.75 Å². The monoisotopic (exact) mass is 314 g/mol. The fourth-order valence-corrected chi connectivity index (χ4v) is 5.85. The van der Waals surface area contributed by atoms with Crippen LogP contribution in [0.1, 0.15) is 55.3 Å². The van der Waals surface area contributed by atoms with E-state index in [0.717, 1.165) is 24.2 Å². The lowest BCUT2D eigenvalue weighted by Gasteiger charge is -2.57. The third kappa shape index (κ3) is 2.86. The number of carbonyl (C=O) groups is 1. The number of methoxy groups -OCH3 is 1. The van der Waals surface area contributed by atoms with Gasteiger partial charge in [-0.25, -0.2) is 4.79 Å². The first kappa shape index (κ1) is 15.0. The van der Waals surface area contributed by atoms with E-state index in [2.05, 4.69) is 0 Å². The van der Waals surface area contributed by atoms with Crippen LogP contribution in [0.4, 0.5) is 0 Å². The molecule has 0 unspecified atom stereocenters. The number of hydrogen-bond donors (Lipinski definition) is 0. The Morgan fingerprint density at radius 2 is 1.70 bits per heavy atom. The first-order valence-electron chi connectivity index (χ1n) is 8.98. The van der Waals surface area contributed by atoms with Gasteiger partial charge in [-0.3, -0.25) is 0 Å². The average Bonchev–Trinajstić information content (AvgIpc) is 2.53. The molecule has 0 spiro atoms. The van der Waals surface area contributed by atoms with Gasteiger partial charge in [-0.05, 0) is 80.2 Å². The van der Waals surface area contributed by atoms with E-state index in [1.54, 1.807) is 19.2 Å². The third-order valence-electron chi connectivity index (χ3n) is 6.36. The summed E-state index contributed by atoms with van der Waals surface area (Å²) in [5, 5.41) is 0. The van der Waals surface area contributed by atoms with E-state index in [4.69, 9.17) is 9.47 Å². The van der Waals surface area contributed by atoms with Gasteiger partial charge < -0.3 is 9.47 Å². The second-order valence-electron chi connectivity index (χ2n) is 8.00. The fraction of sp³-hybridized carbons (Fsp3) is 0.650. The van der Waals surface area contributed by atoms with Crippen LogP contribution in [0, 0.1) is 23.2 Å². The van der Waals surface area contributed by atoms with Crippen LogP contribution in [0.25, 0.3) is 0 Å². The summed E-state index contributed by atoms with van der Waals surface area (Å²) in [7, 11) is 1.58. The van der Waals surface area contributed by atoms with Gasteiger partial charge in [-0.15, -0.1) is 0 Å². The van der Waals surface area contributed by atoms with Crippen LogP contribution in [0.3, 0.4) is 0 Å². The largest absolute Gasteiger partial charge is 0.496 e. The molecule has 4 fully saturated rings. The van der Waals surface area contributed by atoms with Crippen molar-refractivity contribution in [2.24, 2.45) is 23.2 Å². The second-order valence-corrected chi connectivity index (χ2v) is 8.00. The lowest BCUT2D eigenvalue weighted by atomic mass is 9.49. The molecule has 1 aromatic carbocycles. The number of rotatable bonds is 5. The summed E-state index contributed by atoms with van der Waals surface area (Å²) in [5.74, 6) is 3.18. The van der Waals surface area contributed by atoms with Crippen molar-refractivity contribution in [2.45, 2.75) is 44.9 Å². The van der Waals surface area contributed by atoms with Gasteiger partial charge in [0.1, 0.15) is 11.3 Å². The molecule has 4 aliphatic rings. The smallest absolute Gasteiger partial charge is 0.341 e. The van der Waals surface area contributed by atoms with Gasteiger partial charge >= 0.3 is 5.97 Å². The van der Waals surface area contributed by atoms with Crippen molar-refractivity contribution in [1.29, 1.82) is 0 Å². The first-order valence-corrected chi connectivity index (χ1v) is 8.98. The Hall–Kier alpha value is -1.51. The van der Waals surface area contributed by atoms with Crippen LogP contribution in [0.15, 0.2) is 24.3 Å². The molecule has 3 heteroatoms. The van der Waals surface area contributed by atoms with E-state index in [1.807, 2.05) is 12.1 Å². The van der Waals surface area contributed by atoms with Gasteiger partial charge in [0.2, 0.25) is 0 Å². The summed E-state index contributed by atoms with van der Waals surface area (Å²) in [5.41, 5.74) is 0.996. The van der Waals surface area contributed by atoms with E-state index in [1.165, 1.54) is 38.5 Å². The van der Waals surface area contributed by atoms with Crippen molar-refractivity contribution in [2.75, 3.05) is 13.7 Å². The molecule has 4 saturated carbocycles. The molecule has 5 rings (SSSR count). The Morgan fingerprint density at radius 1 is 1.09 bits per heavy atom. The zero-order valence-electron chi connectivity index (χ0n) is 13.9. The van der Waals surface area contributed by atoms with Gasteiger partial charge in [0, 0.05) is 0 Å². The number of hydrogen-bond acceptors (Lipinski definition) is 3. The highest BCUT2D eigenvalue weighted by atomic mass is 16.5. The van der Waals surface area contributed by atoms with Crippen molar-refractivity contribution in [1.82, 2.24) is 0 Å². The number of esters is 1. The van der Waals surface area contributed by atoms with E-state index < -0.39 is 0 Å². The fourth-order valence-electron chi connectivity index (χ4n) is 5.85. The van der Waals surface area contributed by atoms with Gasteiger partial charge in [-0.1, -0.05) is 12.1 Å². The summed E-state index contributed by atoms with van der Waals surface area (Å²) in [6.07, 6.45) is 9.51. The van der Waals surface area contributed by atoms with Crippen molar-refractivity contribution >= 4 is 5.97 Å². The maximum atomic E-state index is 12.3. The Labute approximate surface area is 138 Å². The zero-order valence-corrected chi connectivity index (χ0v) is 13.9. The van der Waals surface area contributed by atoms with E-state index in [0.29, 0.717) is 23.3 Å². The predicted molar refractivity (Wildman–Crippen MR) is 88.5 cm³/mol. The lowest BCUT2D eigenvalue weighted by molar-refractivity contribution is -0.0653. The van der Waals surface area contributed by atoms with E-state index in [-0.39, 0.29) is 5.97 Å². The number of carbonyl (C=O) groups excluding carboxylic acids is 1. The minimum atomic E-state index is -0.257. The molecule has 0 radical (unpaired) electrons. The molecule has 0 atom stereocenters. The lowest BCUT2D eigenvalue weighted by Crippen LogP contribution is -2.46. The molecule has 3 nitrogen and oxygen atoms in total.